The van der Waals surface area contributed by atoms with Gasteiger partial charge in [-0.05, 0) is 27.2 Å². The number of hydrogen-bond acceptors (Lipinski definition) is 11. The fraction of sp³-hybridized carbons (Fsp3) is 0.667. The zero-order chi connectivity index (χ0) is 26.0. The molecule has 1 saturated heterocycles. The number of hydrogen-bond donors (Lipinski definition) is 5. The number of aromatic nitrogens is 4. The molecule has 4 rings (SSSR count). The van der Waals surface area contributed by atoms with E-state index in [-0.39, 0.29) is 11.9 Å². The number of H-pyrrole nitrogens is 1. The van der Waals surface area contributed by atoms with E-state index in [4.69, 9.17) is 23.8 Å². The van der Waals surface area contributed by atoms with Gasteiger partial charge < -0.3 is 38.6 Å². The Hall–Kier alpha value is -1.32. The van der Waals surface area contributed by atoms with Gasteiger partial charge in [-0.25, -0.2) is 23.7 Å². The minimum absolute atomic E-state index is 0.113. The van der Waals surface area contributed by atoms with Crippen LogP contribution in [0.15, 0.2) is 11.1 Å². The third kappa shape index (κ3) is 5.99. The second-order valence-corrected chi connectivity index (χ2v) is 12.9. The first-order valence-electron chi connectivity index (χ1n) is 10.0. The molecule has 17 nitrogen and oxygen atoms in total. The first-order valence-corrected chi connectivity index (χ1v) is 14.5. The van der Waals surface area contributed by atoms with Crippen molar-refractivity contribution in [3.63, 3.8) is 0 Å². The van der Waals surface area contributed by atoms with Crippen LogP contribution in [0.2, 0.25) is 0 Å². The van der Waals surface area contributed by atoms with Crippen molar-refractivity contribution in [2.45, 2.75) is 51.2 Å². The van der Waals surface area contributed by atoms with E-state index in [0.717, 1.165) is 0 Å². The number of nitrogens with one attached hydrogen (secondary N) is 1. The van der Waals surface area contributed by atoms with Crippen LogP contribution in [0.4, 0.5) is 0 Å². The molecule has 0 aromatic carbocycles. The molecule has 1 aliphatic heterocycles. The standard InChI is InChI=1S/C15H23N4O13P3/c1-7-17-13-10(14(20)18-7)16-6-19(13)9-4-8(11-12(9)30-15(2,3)29-11)5-28-34(24,25)32-35(26,27)31-33(21,22)23/h6,8-9,11-12H,4-5H2,1-3H3,(H,24,25)(H,26,27)(H,17,18,20)(H2,21,22,23)/t8-,9-,11?,12-/m1/s1. The van der Waals surface area contributed by atoms with Gasteiger partial charge in [-0.1, -0.05) is 0 Å². The van der Waals surface area contributed by atoms with Gasteiger partial charge in [0.2, 0.25) is 0 Å². The molecule has 2 aromatic rings. The molecule has 1 aliphatic carbocycles. The molecule has 3 heterocycles. The molecule has 0 radical (unpaired) electrons. The molecule has 2 aliphatic rings. The summed E-state index contributed by atoms with van der Waals surface area (Å²) < 4.78 is 60.4. The highest BCUT2D eigenvalue weighted by Gasteiger charge is 2.55. The van der Waals surface area contributed by atoms with Crippen LogP contribution in [-0.2, 0) is 36.3 Å². The number of phosphoric acid groups is 3. The first-order chi connectivity index (χ1) is 16.0. The summed E-state index contributed by atoms with van der Waals surface area (Å²) >= 11 is 0. The zero-order valence-corrected chi connectivity index (χ0v) is 21.1. The summed E-state index contributed by atoms with van der Waals surface area (Å²) in [6.07, 6.45) is 0.398. The van der Waals surface area contributed by atoms with Gasteiger partial charge in [0.15, 0.2) is 17.0 Å². The van der Waals surface area contributed by atoms with Crippen molar-refractivity contribution in [3.05, 3.63) is 22.5 Å². The monoisotopic (exact) mass is 560 g/mol. The summed E-state index contributed by atoms with van der Waals surface area (Å²) in [4.78, 5) is 59.7. The highest BCUT2D eigenvalue weighted by molar-refractivity contribution is 7.66. The summed E-state index contributed by atoms with van der Waals surface area (Å²) in [6, 6.07) is -0.477. The van der Waals surface area contributed by atoms with E-state index in [1.54, 1.807) is 25.3 Å². The molecule has 3 unspecified atom stereocenters. The lowest BCUT2D eigenvalue weighted by Crippen LogP contribution is -2.28. The van der Waals surface area contributed by atoms with Crippen molar-refractivity contribution in [1.29, 1.82) is 0 Å². The molecule has 1 saturated carbocycles. The highest BCUT2D eigenvalue weighted by atomic mass is 31.3. The number of imidazole rings is 1. The summed E-state index contributed by atoms with van der Waals surface area (Å²) in [5.74, 6) is -1.27. The predicted molar refractivity (Wildman–Crippen MR) is 114 cm³/mol. The number of rotatable bonds is 8. The van der Waals surface area contributed by atoms with Crippen LogP contribution in [0.25, 0.3) is 11.2 Å². The van der Waals surface area contributed by atoms with E-state index in [9.17, 15) is 28.3 Å². The fourth-order valence-corrected chi connectivity index (χ4v) is 7.34. The number of aryl methyl sites for hydroxylation is 1. The largest absolute Gasteiger partial charge is 0.490 e. The van der Waals surface area contributed by atoms with E-state index in [0.29, 0.717) is 11.5 Å². The van der Waals surface area contributed by atoms with Gasteiger partial charge in [0.25, 0.3) is 5.56 Å². The van der Waals surface area contributed by atoms with Gasteiger partial charge in [-0.15, -0.1) is 0 Å². The summed E-state index contributed by atoms with van der Waals surface area (Å²) in [7, 11) is -16.5. The maximum absolute atomic E-state index is 12.2. The molecule has 6 atom stereocenters. The minimum Gasteiger partial charge on any atom is -0.344 e. The Kier molecular flexibility index (Phi) is 6.80. The fourth-order valence-electron chi connectivity index (χ4n) is 4.26. The van der Waals surface area contributed by atoms with Crippen LogP contribution in [0, 0.1) is 12.8 Å². The zero-order valence-electron chi connectivity index (χ0n) is 18.4. The predicted octanol–water partition coefficient (Wildman–Crippen LogP) is 0.852. The molecule has 5 N–H and O–H groups in total. The van der Waals surface area contributed by atoms with E-state index in [1.165, 1.54) is 6.33 Å². The first kappa shape index (κ1) is 26.7. The van der Waals surface area contributed by atoms with E-state index < -0.39 is 65.6 Å². The minimum atomic E-state index is -5.64. The lowest BCUT2D eigenvalue weighted by atomic mass is 10.1. The number of aromatic amines is 1. The molecule has 2 fully saturated rings. The van der Waals surface area contributed by atoms with Crippen molar-refractivity contribution in [2.24, 2.45) is 5.92 Å². The highest BCUT2D eigenvalue weighted by Crippen LogP contribution is 2.66. The molecular formula is C15H23N4O13P3. The SMILES string of the molecule is Cc1nc2c(ncn2[C@@H]2C[C@H](COP(=O)(O)OP(=O)(O)OP(=O)(O)O)C3OC(C)(C)O[C@@H]32)c(=O)[nH]1. The lowest BCUT2D eigenvalue weighted by Gasteiger charge is -2.24. The summed E-state index contributed by atoms with van der Waals surface area (Å²) in [6.45, 7) is 4.42. The Balaban J connectivity index is 1.55. The molecule has 20 heteroatoms. The van der Waals surface area contributed by atoms with Crippen LogP contribution < -0.4 is 5.56 Å². The molecular weight excluding hydrogens is 537 g/mol. The van der Waals surface area contributed by atoms with Crippen molar-refractivity contribution < 1.29 is 55.9 Å². The maximum atomic E-state index is 12.2. The lowest BCUT2D eigenvalue weighted by molar-refractivity contribution is -0.161. The van der Waals surface area contributed by atoms with Gasteiger partial charge in [0.1, 0.15) is 11.9 Å². The summed E-state index contributed by atoms with van der Waals surface area (Å²) in [5.41, 5.74) is -0.00666. The number of nitrogens with zero attached hydrogens (tertiary/aromatic N) is 3. The average molecular weight is 560 g/mol. The van der Waals surface area contributed by atoms with Crippen molar-refractivity contribution in [2.75, 3.05) is 6.61 Å². The quantitative estimate of drug-likeness (QED) is 0.281. The van der Waals surface area contributed by atoms with Gasteiger partial charge in [0.05, 0.1) is 25.1 Å². The smallest absolute Gasteiger partial charge is 0.344 e. The Morgan fingerprint density at radius 1 is 1.14 bits per heavy atom. The Bertz CT molecular complexity index is 1340. The van der Waals surface area contributed by atoms with Crippen LogP contribution in [-0.4, -0.2) is 63.7 Å². The van der Waals surface area contributed by atoms with Crippen LogP contribution >= 0.6 is 23.5 Å². The van der Waals surface area contributed by atoms with E-state index in [2.05, 4.69) is 23.6 Å². The van der Waals surface area contributed by atoms with Crippen molar-refractivity contribution in [3.8, 4) is 0 Å². The third-order valence-electron chi connectivity index (χ3n) is 5.33. The molecule has 0 amide bonds. The van der Waals surface area contributed by atoms with Crippen LogP contribution in [0.1, 0.15) is 32.1 Å². The molecule has 2 aromatic heterocycles. The normalized spacial score (nSPS) is 29.7. The molecule has 196 valence electrons. The van der Waals surface area contributed by atoms with Crippen LogP contribution in [0.3, 0.4) is 0 Å². The second kappa shape index (κ2) is 8.91. The van der Waals surface area contributed by atoms with E-state index >= 15 is 0 Å². The van der Waals surface area contributed by atoms with E-state index in [1.807, 2.05) is 0 Å². The number of phosphoric ester groups is 1. The molecule has 35 heavy (non-hydrogen) atoms. The van der Waals surface area contributed by atoms with Gasteiger partial charge in [-0.3, -0.25) is 9.32 Å². The van der Waals surface area contributed by atoms with Gasteiger partial charge in [-0.2, -0.15) is 8.62 Å². The number of fused-ring (bicyclic) bond motifs is 2. The average Bonchev–Trinajstić information content (AvgIpc) is 3.28. The van der Waals surface area contributed by atoms with Crippen LogP contribution in [0.5, 0.6) is 0 Å². The maximum Gasteiger partial charge on any atom is 0.490 e. The van der Waals surface area contributed by atoms with Crippen molar-refractivity contribution in [1.82, 2.24) is 19.5 Å². The number of ether oxygens (including phenoxy) is 2. The Morgan fingerprint density at radius 3 is 2.46 bits per heavy atom. The molecule has 0 spiro atoms. The van der Waals surface area contributed by atoms with Gasteiger partial charge in [0, 0.05) is 5.92 Å². The van der Waals surface area contributed by atoms with Gasteiger partial charge >= 0.3 is 23.5 Å². The Morgan fingerprint density at radius 2 is 1.80 bits per heavy atom. The molecule has 0 bridgehead atoms. The van der Waals surface area contributed by atoms with Crippen molar-refractivity contribution >= 4 is 34.6 Å². The summed E-state index contributed by atoms with van der Waals surface area (Å²) in [5, 5.41) is 0. The topological polar surface area (TPSA) is 242 Å². The third-order valence-corrected chi connectivity index (χ3v) is 9.13. The Labute approximate surface area is 196 Å². The second-order valence-electron chi connectivity index (χ2n) is 8.49.